The Morgan fingerprint density at radius 3 is 2.50 bits per heavy atom. The molecule has 0 spiro atoms. The third kappa shape index (κ3) is 3.13. The van der Waals surface area contributed by atoms with Gasteiger partial charge in [-0.15, -0.1) is 0 Å². The Bertz CT molecular complexity index is 890. The third-order valence-corrected chi connectivity index (χ3v) is 4.77. The summed E-state index contributed by atoms with van der Waals surface area (Å²) in [4.78, 5) is 14.9. The SMILES string of the molecule is Cc1c(C(=O)N2CCO[C@H](c3ccccc3)C2)cnn1-c1ccccc1. The van der Waals surface area contributed by atoms with Gasteiger partial charge in [0.1, 0.15) is 6.10 Å². The van der Waals surface area contributed by atoms with E-state index in [0.717, 1.165) is 16.9 Å². The quantitative estimate of drug-likeness (QED) is 0.730. The molecule has 1 aromatic heterocycles. The lowest BCUT2D eigenvalue weighted by atomic mass is 10.1. The third-order valence-electron chi connectivity index (χ3n) is 4.77. The van der Waals surface area contributed by atoms with E-state index in [1.807, 2.05) is 77.2 Å². The number of nitrogens with zero attached hydrogens (tertiary/aromatic N) is 3. The van der Waals surface area contributed by atoms with Crippen LogP contribution in [0, 0.1) is 6.92 Å². The summed E-state index contributed by atoms with van der Waals surface area (Å²) in [6.07, 6.45) is 1.58. The van der Waals surface area contributed by atoms with E-state index in [-0.39, 0.29) is 12.0 Å². The molecule has 26 heavy (non-hydrogen) atoms. The van der Waals surface area contributed by atoms with E-state index >= 15 is 0 Å². The van der Waals surface area contributed by atoms with Crippen molar-refractivity contribution in [2.45, 2.75) is 13.0 Å². The molecule has 5 nitrogen and oxygen atoms in total. The molecule has 0 radical (unpaired) electrons. The van der Waals surface area contributed by atoms with Crippen LogP contribution in [0.2, 0.25) is 0 Å². The van der Waals surface area contributed by atoms with Gasteiger partial charge in [-0.2, -0.15) is 5.10 Å². The molecule has 0 N–H and O–H groups in total. The van der Waals surface area contributed by atoms with Gasteiger partial charge in [0.2, 0.25) is 0 Å². The van der Waals surface area contributed by atoms with Crippen LogP contribution in [0.25, 0.3) is 5.69 Å². The van der Waals surface area contributed by atoms with E-state index in [1.165, 1.54) is 0 Å². The summed E-state index contributed by atoms with van der Waals surface area (Å²) in [7, 11) is 0. The molecule has 1 saturated heterocycles. The number of morpholine rings is 1. The van der Waals surface area contributed by atoms with Crippen molar-refractivity contribution >= 4 is 5.91 Å². The summed E-state index contributed by atoms with van der Waals surface area (Å²) in [5.74, 6) is 0.00825. The molecule has 3 aromatic rings. The standard InChI is InChI=1S/C21H21N3O2/c1-16-19(14-22-24(16)18-10-6-3-7-11-18)21(25)23-12-13-26-20(15-23)17-8-4-2-5-9-17/h2-11,14,20H,12-13,15H2,1H3/t20-/m0/s1. The van der Waals surface area contributed by atoms with Crippen molar-refractivity contribution in [2.75, 3.05) is 19.7 Å². The monoisotopic (exact) mass is 347 g/mol. The average molecular weight is 347 g/mol. The Morgan fingerprint density at radius 2 is 1.77 bits per heavy atom. The van der Waals surface area contributed by atoms with Gasteiger partial charge in [-0.25, -0.2) is 4.68 Å². The molecule has 2 heterocycles. The minimum atomic E-state index is -0.0848. The first-order valence-corrected chi connectivity index (χ1v) is 8.80. The molecule has 1 fully saturated rings. The summed E-state index contributed by atoms with van der Waals surface area (Å²) < 4.78 is 7.68. The van der Waals surface area contributed by atoms with Gasteiger partial charge in [0.05, 0.1) is 36.3 Å². The molecule has 0 bridgehead atoms. The van der Waals surface area contributed by atoms with E-state index in [2.05, 4.69) is 5.10 Å². The number of benzene rings is 2. The number of carbonyl (C=O) groups excluding carboxylic acids is 1. The summed E-state index contributed by atoms with van der Waals surface area (Å²) >= 11 is 0. The van der Waals surface area contributed by atoms with Gasteiger partial charge in [0, 0.05) is 6.54 Å². The zero-order chi connectivity index (χ0) is 17.9. The normalized spacial score (nSPS) is 17.3. The van der Waals surface area contributed by atoms with Crippen LogP contribution in [0.4, 0.5) is 0 Å². The Kier molecular flexibility index (Phi) is 4.54. The molecule has 1 aliphatic heterocycles. The lowest BCUT2D eigenvalue weighted by molar-refractivity contribution is -0.0228. The highest BCUT2D eigenvalue weighted by atomic mass is 16.5. The van der Waals surface area contributed by atoms with Crippen LogP contribution >= 0.6 is 0 Å². The number of hydrogen-bond donors (Lipinski definition) is 0. The van der Waals surface area contributed by atoms with Crippen molar-refractivity contribution in [3.8, 4) is 5.69 Å². The largest absolute Gasteiger partial charge is 0.370 e. The molecular formula is C21H21N3O2. The number of aromatic nitrogens is 2. The first-order chi connectivity index (χ1) is 12.7. The molecule has 5 heteroatoms. The highest BCUT2D eigenvalue weighted by molar-refractivity contribution is 5.95. The number of para-hydroxylation sites is 1. The van der Waals surface area contributed by atoms with Gasteiger partial charge in [-0.05, 0) is 24.6 Å². The van der Waals surface area contributed by atoms with E-state index in [9.17, 15) is 4.79 Å². The Morgan fingerprint density at radius 1 is 1.08 bits per heavy atom. The van der Waals surface area contributed by atoms with E-state index in [0.29, 0.717) is 25.3 Å². The summed E-state index contributed by atoms with van der Waals surface area (Å²) in [5.41, 5.74) is 3.54. The predicted octanol–water partition coefficient (Wildman–Crippen LogP) is 3.39. The molecule has 0 unspecified atom stereocenters. The number of ether oxygens (including phenoxy) is 1. The molecule has 0 saturated carbocycles. The van der Waals surface area contributed by atoms with Crippen LogP contribution in [0.1, 0.15) is 27.7 Å². The van der Waals surface area contributed by atoms with Crippen molar-refractivity contribution in [1.82, 2.24) is 14.7 Å². The second kappa shape index (κ2) is 7.14. The smallest absolute Gasteiger partial charge is 0.257 e. The average Bonchev–Trinajstić information content (AvgIpc) is 3.10. The molecule has 1 atom stereocenters. The Labute approximate surface area is 152 Å². The van der Waals surface area contributed by atoms with E-state index < -0.39 is 0 Å². The fourth-order valence-corrected chi connectivity index (χ4v) is 3.32. The fraction of sp³-hybridized carbons (Fsp3) is 0.238. The maximum absolute atomic E-state index is 13.1. The molecule has 132 valence electrons. The van der Waals surface area contributed by atoms with Crippen molar-refractivity contribution in [1.29, 1.82) is 0 Å². The van der Waals surface area contributed by atoms with Crippen molar-refractivity contribution in [2.24, 2.45) is 0 Å². The Hall–Kier alpha value is -2.92. The highest BCUT2D eigenvalue weighted by Gasteiger charge is 2.28. The minimum absolute atomic E-state index is 0.00825. The highest BCUT2D eigenvalue weighted by Crippen LogP contribution is 2.24. The summed E-state index contributed by atoms with van der Waals surface area (Å²) in [6.45, 7) is 3.62. The van der Waals surface area contributed by atoms with Gasteiger partial charge in [-0.3, -0.25) is 4.79 Å². The van der Waals surface area contributed by atoms with Gasteiger partial charge in [0.15, 0.2) is 0 Å². The second-order valence-electron chi connectivity index (χ2n) is 6.41. The summed E-state index contributed by atoms with van der Waals surface area (Å²) in [5, 5.41) is 4.42. The van der Waals surface area contributed by atoms with Gasteiger partial charge < -0.3 is 9.64 Å². The maximum atomic E-state index is 13.1. The zero-order valence-electron chi connectivity index (χ0n) is 14.7. The van der Waals surface area contributed by atoms with Crippen molar-refractivity contribution < 1.29 is 9.53 Å². The number of rotatable bonds is 3. The lowest BCUT2D eigenvalue weighted by Gasteiger charge is -2.33. The molecule has 0 aliphatic carbocycles. The number of carbonyl (C=O) groups is 1. The molecule has 2 aromatic carbocycles. The zero-order valence-corrected chi connectivity index (χ0v) is 14.7. The van der Waals surface area contributed by atoms with Crippen LogP contribution in [-0.4, -0.2) is 40.3 Å². The minimum Gasteiger partial charge on any atom is -0.370 e. The van der Waals surface area contributed by atoms with Crippen molar-refractivity contribution in [3.05, 3.63) is 83.7 Å². The van der Waals surface area contributed by atoms with Gasteiger partial charge >= 0.3 is 0 Å². The van der Waals surface area contributed by atoms with E-state index in [1.54, 1.807) is 6.20 Å². The van der Waals surface area contributed by atoms with Gasteiger partial charge in [0.25, 0.3) is 5.91 Å². The van der Waals surface area contributed by atoms with Crippen molar-refractivity contribution in [3.63, 3.8) is 0 Å². The second-order valence-corrected chi connectivity index (χ2v) is 6.41. The number of amides is 1. The maximum Gasteiger partial charge on any atom is 0.257 e. The van der Waals surface area contributed by atoms with Crippen LogP contribution in [0.15, 0.2) is 66.9 Å². The Balaban J connectivity index is 1.55. The summed E-state index contributed by atoms with van der Waals surface area (Å²) in [6, 6.07) is 19.9. The van der Waals surface area contributed by atoms with Crippen LogP contribution in [0.5, 0.6) is 0 Å². The van der Waals surface area contributed by atoms with Gasteiger partial charge in [-0.1, -0.05) is 48.5 Å². The van der Waals surface area contributed by atoms with Crippen LogP contribution in [0.3, 0.4) is 0 Å². The molecule has 4 rings (SSSR count). The molecule has 1 amide bonds. The predicted molar refractivity (Wildman–Crippen MR) is 99.3 cm³/mol. The first-order valence-electron chi connectivity index (χ1n) is 8.80. The molecular weight excluding hydrogens is 326 g/mol. The van der Waals surface area contributed by atoms with Crippen LogP contribution in [-0.2, 0) is 4.74 Å². The topological polar surface area (TPSA) is 47.4 Å². The lowest BCUT2D eigenvalue weighted by Crippen LogP contribution is -2.42. The number of hydrogen-bond acceptors (Lipinski definition) is 3. The van der Waals surface area contributed by atoms with Crippen LogP contribution < -0.4 is 0 Å². The molecule has 1 aliphatic rings. The van der Waals surface area contributed by atoms with E-state index in [4.69, 9.17) is 4.74 Å². The first kappa shape index (κ1) is 16.5. The fourth-order valence-electron chi connectivity index (χ4n) is 3.32.